The van der Waals surface area contributed by atoms with Gasteiger partial charge in [0, 0.05) is 22.8 Å². The number of amides is 1. The predicted molar refractivity (Wildman–Crippen MR) is 80.5 cm³/mol. The summed E-state index contributed by atoms with van der Waals surface area (Å²) in [6, 6.07) is 1.78. The average molecular weight is 403 g/mol. The van der Waals surface area contributed by atoms with E-state index in [2.05, 4.69) is 21.2 Å². The second kappa shape index (κ2) is 6.93. The van der Waals surface area contributed by atoms with Crippen molar-refractivity contribution >= 4 is 41.6 Å². The maximum atomic E-state index is 13.7. The van der Waals surface area contributed by atoms with Gasteiger partial charge in [0.2, 0.25) is 0 Å². The average Bonchev–Trinajstić information content (AvgIpc) is 2.30. The van der Waals surface area contributed by atoms with Gasteiger partial charge in [0.05, 0.1) is 4.47 Å². The molecule has 0 aliphatic carbocycles. The third kappa shape index (κ3) is 5.12. The molecular weight excluding hydrogens is 389 g/mol. The monoisotopic (exact) mass is 401 g/mol. The molecule has 0 bridgehead atoms. The minimum atomic E-state index is -4.20. The maximum Gasteiger partial charge on any atom is 0.264 e. The SMILES string of the molecule is CC(C)NC(=O)C(C)Oc1cc(F)c(S(=O)(=O)Cl)cc1Br. The lowest BCUT2D eigenvalue weighted by molar-refractivity contribution is -0.127. The van der Waals surface area contributed by atoms with E-state index >= 15 is 0 Å². The number of hydrogen-bond donors (Lipinski definition) is 1. The largest absolute Gasteiger partial charge is 0.480 e. The molecule has 1 unspecified atom stereocenters. The Morgan fingerprint density at radius 3 is 2.43 bits per heavy atom. The third-order valence-corrected chi connectivity index (χ3v) is 4.31. The minimum Gasteiger partial charge on any atom is -0.480 e. The van der Waals surface area contributed by atoms with Crippen molar-refractivity contribution in [3.63, 3.8) is 0 Å². The van der Waals surface area contributed by atoms with E-state index < -0.39 is 25.9 Å². The number of carbonyl (C=O) groups excluding carboxylic acids is 1. The van der Waals surface area contributed by atoms with Crippen LogP contribution in [0.4, 0.5) is 4.39 Å². The lowest BCUT2D eigenvalue weighted by Gasteiger charge is -2.17. The number of hydrogen-bond acceptors (Lipinski definition) is 4. The van der Waals surface area contributed by atoms with Crippen molar-refractivity contribution in [2.75, 3.05) is 0 Å². The molecule has 1 atom stereocenters. The fourth-order valence-corrected chi connectivity index (χ4v) is 2.93. The Morgan fingerprint density at radius 2 is 1.95 bits per heavy atom. The first-order chi connectivity index (χ1) is 9.52. The minimum absolute atomic E-state index is 0.00275. The molecule has 0 spiro atoms. The van der Waals surface area contributed by atoms with Gasteiger partial charge >= 0.3 is 0 Å². The molecule has 0 saturated carbocycles. The summed E-state index contributed by atoms with van der Waals surface area (Å²) in [6.07, 6.45) is -0.874. The van der Waals surface area contributed by atoms with Gasteiger partial charge in [-0.25, -0.2) is 12.8 Å². The number of rotatable bonds is 5. The fourth-order valence-electron chi connectivity index (χ4n) is 1.43. The molecule has 0 aliphatic heterocycles. The van der Waals surface area contributed by atoms with Gasteiger partial charge in [-0.05, 0) is 42.8 Å². The second-order valence-corrected chi connectivity index (χ2v) is 7.96. The zero-order valence-corrected chi connectivity index (χ0v) is 14.6. The molecule has 0 radical (unpaired) electrons. The molecule has 118 valence electrons. The van der Waals surface area contributed by atoms with E-state index in [1.165, 1.54) is 6.92 Å². The molecule has 1 aromatic carbocycles. The van der Waals surface area contributed by atoms with Crippen LogP contribution in [0, 0.1) is 5.82 Å². The highest BCUT2D eigenvalue weighted by Crippen LogP contribution is 2.32. The zero-order chi connectivity index (χ0) is 16.4. The molecule has 1 N–H and O–H groups in total. The Hall–Kier alpha value is -0.860. The molecule has 0 saturated heterocycles. The van der Waals surface area contributed by atoms with Gasteiger partial charge in [-0.3, -0.25) is 4.79 Å². The van der Waals surface area contributed by atoms with Crippen LogP contribution >= 0.6 is 26.6 Å². The third-order valence-electron chi connectivity index (χ3n) is 2.35. The van der Waals surface area contributed by atoms with Crippen molar-refractivity contribution in [3.05, 3.63) is 22.4 Å². The summed E-state index contributed by atoms with van der Waals surface area (Å²) in [5, 5.41) is 2.64. The van der Waals surface area contributed by atoms with Gasteiger partial charge in [-0.15, -0.1) is 0 Å². The van der Waals surface area contributed by atoms with E-state index in [4.69, 9.17) is 15.4 Å². The number of carbonyl (C=O) groups is 1. The highest BCUT2D eigenvalue weighted by Gasteiger charge is 2.22. The van der Waals surface area contributed by atoms with E-state index in [1.807, 2.05) is 0 Å². The molecule has 1 rings (SSSR count). The number of nitrogens with one attached hydrogen (secondary N) is 1. The molecule has 21 heavy (non-hydrogen) atoms. The summed E-state index contributed by atoms with van der Waals surface area (Å²) in [6.45, 7) is 5.08. The first-order valence-electron chi connectivity index (χ1n) is 5.93. The Morgan fingerprint density at radius 1 is 1.38 bits per heavy atom. The smallest absolute Gasteiger partial charge is 0.264 e. The van der Waals surface area contributed by atoms with Crippen LogP contribution in [0.3, 0.4) is 0 Å². The van der Waals surface area contributed by atoms with Gasteiger partial charge in [-0.1, -0.05) is 0 Å². The molecule has 5 nitrogen and oxygen atoms in total. The van der Waals surface area contributed by atoms with Crippen molar-refractivity contribution in [1.82, 2.24) is 5.32 Å². The van der Waals surface area contributed by atoms with Gasteiger partial charge in [-0.2, -0.15) is 0 Å². The second-order valence-electron chi connectivity index (χ2n) is 4.57. The zero-order valence-electron chi connectivity index (χ0n) is 11.5. The maximum absolute atomic E-state index is 13.7. The van der Waals surface area contributed by atoms with Gasteiger partial charge in [0.1, 0.15) is 16.5 Å². The van der Waals surface area contributed by atoms with Crippen molar-refractivity contribution in [2.45, 2.75) is 37.8 Å². The van der Waals surface area contributed by atoms with E-state index in [9.17, 15) is 17.6 Å². The highest BCUT2D eigenvalue weighted by atomic mass is 79.9. The normalized spacial score (nSPS) is 13.1. The van der Waals surface area contributed by atoms with Crippen LogP contribution in [0.2, 0.25) is 0 Å². The van der Waals surface area contributed by atoms with Crippen molar-refractivity contribution in [1.29, 1.82) is 0 Å². The quantitative estimate of drug-likeness (QED) is 0.769. The van der Waals surface area contributed by atoms with Crippen LogP contribution in [-0.4, -0.2) is 26.5 Å². The molecule has 1 aromatic rings. The molecular formula is C12H14BrClFNO4S. The van der Waals surface area contributed by atoms with Crippen molar-refractivity contribution < 1.29 is 22.3 Å². The summed E-state index contributed by atoms with van der Waals surface area (Å²) in [4.78, 5) is 11.1. The summed E-state index contributed by atoms with van der Waals surface area (Å²) in [7, 11) is 0.907. The first-order valence-corrected chi connectivity index (χ1v) is 9.03. The van der Waals surface area contributed by atoms with Crippen LogP contribution in [0.1, 0.15) is 20.8 Å². The van der Waals surface area contributed by atoms with E-state index in [-0.39, 0.29) is 22.2 Å². The topological polar surface area (TPSA) is 72.5 Å². The number of benzene rings is 1. The Bertz CT molecular complexity index is 651. The summed E-state index contributed by atoms with van der Waals surface area (Å²) in [5.74, 6) is -1.42. The van der Waals surface area contributed by atoms with E-state index in [0.29, 0.717) is 0 Å². The van der Waals surface area contributed by atoms with Crippen LogP contribution in [-0.2, 0) is 13.8 Å². The van der Waals surface area contributed by atoms with Crippen LogP contribution in [0.5, 0.6) is 5.75 Å². The van der Waals surface area contributed by atoms with Crippen LogP contribution in [0.15, 0.2) is 21.5 Å². The van der Waals surface area contributed by atoms with Crippen molar-refractivity contribution in [3.8, 4) is 5.75 Å². The Kier molecular flexibility index (Phi) is 6.01. The van der Waals surface area contributed by atoms with Crippen molar-refractivity contribution in [2.24, 2.45) is 0 Å². The molecule has 0 fully saturated rings. The van der Waals surface area contributed by atoms with Crippen LogP contribution in [0.25, 0.3) is 0 Å². The molecule has 0 aliphatic rings. The lowest BCUT2D eigenvalue weighted by Crippen LogP contribution is -2.40. The Balaban J connectivity index is 3.01. The summed E-state index contributed by atoms with van der Waals surface area (Å²) < 4.78 is 41.6. The van der Waals surface area contributed by atoms with E-state index in [0.717, 1.165) is 12.1 Å². The van der Waals surface area contributed by atoms with Gasteiger partial charge < -0.3 is 10.1 Å². The summed E-state index contributed by atoms with van der Waals surface area (Å²) >= 11 is 3.06. The predicted octanol–water partition coefficient (Wildman–Crippen LogP) is 2.81. The lowest BCUT2D eigenvalue weighted by atomic mass is 10.3. The number of halogens is 3. The van der Waals surface area contributed by atoms with Gasteiger partial charge in [0.15, 0.2) is 6.10 Å². The Labute approximate surface area is 135 Å². The standard InChI is InChI=1S/C12H14BrClFNO4S/c1-6(2)16-12(17)7(3)20-10-5-9(15)11(4-8(10)13)21(14,18)19/h4-7H,1-3H3,(H,16,17). The molecule has 0 aromatic heterocycles. The number of ether oxygens (including phenoxy) is 1. The molecule has 0 heterocycles. The fraction of sp³-hybridized carbons (Fsp3) is 0.417. The first kappa shape index (κ1) is 18.2. The van der Waals surface area contributed by atoms with Crippen LogP contribution < -0.4 is 10.1 Å². The summed E-state index contributed by atoms with van der Waals surface area (Å²) in [5.41, 5.74) is 0. The molecule has 9 heteroatoms. The van der Waals surface area contributed by atoms with E-state index in [1.54, 1.807) is 13.8 Å². The van der Waals surface area contributed by atoms with Gasteiger partial charge in [0.25, 0.3) is 15.0 Å². The highest BCUT2D eigenvalue weighted by molar-refractivity contribution is 9.10. The molecule has 1 amide bonds.